The first-order valence-corrected chi connectivity index (χ1v) is 7.12. The molecule has 20 heavy (non-hydrogen) atoms. The van der Waals surface area contributed by atoms with E-state index in [4.69, 9.17) is 5.73 Å². The molecule has 1 unspecified atom stereocenters. The summed E-state index contributed by atoms with van der Waals surface area (Å²) in [5.74, 6) is -0.410. The van der Waals surface area contributed by atoms with Gasteiger partial charge >= 0.3 is 0 Å². The fourth-order valence-electron chi connectivity index (χ4n) is 2.25. The molecule has 3 nitrogen and oxygen atoms in total. The number of nitrogens with one attached hydrogen (secondary N) is 1. The summed E-state index contributed by atoms with van der Waals surface area (Å²) in [4.78, 5) is 12.0. The van der Waals surface area contributed by atoms with E-state index in [9.17, 15) is 4.79 Å². The van der Waals surface area contributed by atoms with Crippen LogP contribution in [0.15, 0.2) is 53.0 Å². The third kappa shape index (κ3) is 2.85. The average Bonchev–Trinajstić information content (AvgIpc) is 2.38. The Bertz CT molecular complexity index is 642. The highest BCUT2D eigenvalue weighted by atomic mass is 79.9. The molecule has 0 spiro atoms. The van der Waals surface area contributed by atoms with Crippen LogP contribution in [-0.2, 0) is 10.3 Å². The molecule has 104 valence electrons. The SMILES string of the molecule is Cc1ccccc1C(C)(Nc1cccc(Br)c1)C(N)=O. The number of amides is 1. The summed E-state index contributed by atoms with van der Waals surface area (Å²) in [6.07, 6.45) is 0. The van der Waals surface area contributed by atoms with Crippen LogP contribution in [0.4, 0.5) is 5.69 Å². The number of carbonyl (C=O) groups excluding carboxylic acids is 1. The largest absolute Gasteiger partial charge is 0.368 e. The molecule has 0 aliphatic carbocycles. The third-order valence-corrected chi connectivity index (χ3v) is 3.89. The maximum absolute atomic E-state index is 12.0. The van der Waals surface area contributed by atoms with Crippen molar-refractivity contribution in [1.82, 2.24) is 0 Å². The second-order valence-corrected chi connectivity index (χ2v) is 5.86. The Morgan fingerprint density at radius 1 is 1.20 bits per heavy atom. The van der Waals surface area contributed by atoms with E-state index in [1.165, 1.54) is 0 Å². The van der Waals surface area contributed by atoms with E-state index in [1.807, 2.05) is 55.5 Å². The van der Waals surface area contributed by atoms with Crippen LogP contribution in [0.5, 0.6) is 0 Å². The Morgan fingerprint density at radius 2 is 1.90 bits per heavy atom. The van der Waals surface area contributed by atoms with Gasteiger partial charge in [0.05, 0.1) is 0 Å². The van der Waals surface area contributed by atoms with Crippen LogP contribution >= 0.6 is 15.9 Å². The van der Waals surface area contributed by atoms with Gasteiger partial charge in [-0.05, 0) is 43.2 Å². The highest BCUT2D eigenvalue weighted by Crippen LogP contribution is 2.29. The average molecular weight is 333 g/mol. The molecular weight excluding hydrogens is 316 g/mol. The minimum Gasteiger partial charge on any atom is -0.368 e. The van der Waals surface area contributed by atoms with Crippen LogP contribution < -0.4 is 11.1 Å². The van der Waals surface area contributed by atoms with E-state index < -0.39 is 11.4 Å². The standard InChI is InChI=1S/C16H17BrN2O/c1-11-6-3-4-9-14(11)16(2,15(18)20)19-13-8-5-7-12(17)10-13/h3-10,19H,1-2H3,(H2,18,20). The van der Waals surface area contributed by atoms with Gasteiger partial charge in [0, 0.05) is 10.2 Å². The highest BCUT2D eigenvalue weighted by molar-refractivity contribution is 9.10. The lowest BCUT2D eigenvalue weighted by Crippen LogP contribution is -2.45. The van der Waals surface area contributed by atoms with Gasteiger partial charge in [-0.1, -0.05) is 46.3 Å². The van der Waals surface area contributed by atoms with Gasteiger partial charge in [0.2, 0.25) is 5.91 Å². The molecule has 0 saturated carbocycles. The Kier molecular flexibility index (Phi) is 4.14. The number of anilines is 1. The lowest BCUT2D eigenvalue weighted by atomic mass is 9.87. The maximum atomic E-state index is 12.0. The molecule has 0 aromatic heterocycles. The van der Waals surface area contributed by atoms with Crippen molar-refractivity contribution in [2.75, 3.05) is 5.32 Å². The number of rotatable bonds is 4. The fourth-order valence-corrected chi connectivity index (χ4v) is 2.65. The minimum absolute atomic E-state index is 0.410. The second-order valence-electron chi connectivity index (χ2n) is 4.94. The number of carbonyl (C=O) groups is 1. The molecule has 0 fully saturated rings. The summed E-state index contributed by atoms with van der Waals surface area (Å²) in [7, 11) is 0. The Balaban J connectivity index is 2.46. The van der Waals surface area contributed by atoms with E-state index in [-0.39, 0.29) is 0 Å². The van der Waals surface area contributed by atoms with Crippen molar-refractivity contribution in [3.63, 3.8) is 0 Å². The summed E-state index contributed by atoms with van der Waals surface area (Å²) in [5.41, 5.74) is 7.44. The number of hydrogen-bond donors (Lipinski definition) is 2. The van der Waals surface area contributed by atoms with Crippen LogP contribution in [0, 0.1) is 6.92 Å². The monoisotopic (exact) mass is 332 g/mol. The zero-order valence-corrected chi connectivity index (χ0v) is 13.1. The molecule has 1 atom stereocenters. The smallest absolute Gasteiger partial charge is 0.247 e. The van der Waals surface area contributed by atoms with Crippen molar-refractivity contribution in [3.8, 4) is 0 Å². The molecule has 2 aromatic carbocycles. The lowest BCUT2D eigenvalue weighted by molar-refractivity contribution is -0.122. The van der Waals surface area contributed by atoms with Crippen LogP contribution in [0.3, 0.4) is 0 Å². The van der Waals surface area contributed by atoms with Gasteiger partial charge in [-0.3, -0.25) is 4.79 Å². The minimum atomic E-state index is -0.952. The molecule has 3 N–H and O–H groups in total. The van der Waals surface area contributed by atoms with Crippen molar-refractivity contribution < 1.29 is 4.79 Å². The van der Waals surface area contributed by atoms with Crippen molar-refractivity contribution >= 4 is 27.5 Å². The van der Waals surface area contributed by atoms with E-state index in [1.54, 1.807) is 6.92 Å². The van der Waals surface area contributed by atoms with Gasteiger partial charge in [0.15, 0.2) is 0 Å². The Labute approximate surface area is 127 Å². The zero-order chi connectivity index (χ0) is 14.8. The predicted molar refractivity (Wildman–Crippen MR) is 85.5 cm³/mol. The van der Waals surface area contributed by atoms with Crippen LogP contribution in [0.2, 0.25) is 0 Å². The highest BCUT2D eigenvalue weighted by Gasteiger charge is 2.34. The molecule has 0 aliphatic rings. The first kappa shape index (κ1) is 14.6. The molecule has 0 radical (unpaired) electrons. The van der Waals surface area contributed by atoms with E-state index >= 15 is 0 Å². The summed E-state index contributed by atoms with van der Waals surface area (Å²) in [6.45, 7) is 3.78. The van der Waals surface area contributed by atoms with E-state index in [0.29, 0.717) is 0 Å². The molecule has 2 aromatic rings. The van der Waals surface area contributed by atoms with Crippen molar-refractivity contribution in [2.24, 2.45) is 5.73 Å². The summed E-state index contributed by atoms with van der Waals surface area (Å²) in [6, 6.07) is 15.4. The van der Waals surface area contributed by atoms with Gasteiger partial charge in [0.25, 0.3) is 0 Å². The normalized spacial score (nSPS) is 13.6. The molecule has 2 rings (SSSR count). The summed E-state index contributed by atoms with van der Waals surface area (Å²) >= 11 is 3.42. The Morgan fingerprint density at radius 3 is 2.50 bits per heavy atom. The van der Waals surface area contributed by atoms with Crippen LogP contribution in [-0.4, -0.2) is 5.91 Å². The zero-order valence-electron chi connectivity index (χ0n) is 11.5. The molecule has 0 bridgehead atoms. The first-order valence-electron chi connectivity index (χ1n) is 6.33. The number of primary amides is 1. The maximum Gasteiger partial charge on any atom is 0.247 e. The molecular formula is C16H17BrN2O. The van der Waals surface area contributed by atoms with Crippen LogP contribution in [0.1, 0.15) is 18.1 Å². The van der Waals surface area contributed by atoms with Gasteiger partial charge in [0.1, 0.15) is 5.54 Å². The quantitative estimate of drug-likeness (QED) is 0.899. The predicted octanol–water partition coefficient (Wildman–Crippen LogP) is 3.57. The summed E-state index contributed by atoms with van der Waals surface area (Å²) in [5, 5.41) is 3.25. The van der Waals surface area contributed by atoms with Crippen molar-refractivity contribution in [3.05, 3.63) is 64.1 Å². The van der Waals surface area contributed by atoms with Crippen LogP contribution in [0.25, 0.3) is 0 Å². The number of aryl methyl sites for hydroxylation is 1. The molecule has 4 heteroatoms. The van der Waals surface area contributed by atoms with Gasteiger partial charge in [-0.2, -0.15) is 0 Å². The van der Waals surface area contributed by atoms with E-state index in [2.05, 4.69) is 21.2 Å². The molecule has 0 saturated heterocycles. The second kappa shape index (κ2) is 5.67. The fraction of sp³-hybridized carbons (Fsp3) is 0.188. The molecule has 1 amide bonds. The lowest BCUT2D eigenvalue weighted by Gasteiger charge is -2.30. The molecule has 0 aliphatic heterocycles. The van der Waals surface area contributed by atoms with Gasteiger partial charge in [-0.15, -0.1) is 0 Å². The molecule has 0 heterocycles. The van der Waals surface area contributed by atoms with E-state index in [0.717, 1.165) is 21.3 Å². The number of hydrogen-bond acceptors (Lipinski definition) is 2. The third-order valence-electron chi connectivity index (χ3n) is 3.40. The number of halogens is 1. The van der Waals surface area contributed by atoms with Gasteiger partial charge in [-0.25, -0.2) is 0 Å². The van der Waals surface area contributed by atoms with Crippen molar-refractivity contribution in [1.29, 1.82) is 0 Å². The van der Waals surface area contributed by atoms with Gasteiger partial charge < -0.3 is 11.1 Å². The first-order chi connectivity index (χ1) is 9.43. The number of nitrogens with two attached hydrogens (primary N) is 1. The number of benzene rings is 2. The topological polar surface area (TPSA) is 55.1 Å². The van der Waals surface area contributed by atoms with Crippen molar-refractivity contribution in [2.45, 2.75) is 19.4 Å². The Hall–Kier alpha value is -1.81. The summed E-state index contributed by atoms with van der Waals surface area (Å²) < 4.78 is 0.944.